The van der Waals surface area contributed by atoms with Crippen molar-refractivity contribution in [3.05, 3.63) is 65.5 Å². The summed E-state index contributed by atoms with van der Waals surface area (Å²) in [5.74, 6) is 1.90. The summed E-state index contributed by atoms with van der Waals surface area (Å²) in [6.45, 7) is 10.9. The van der Waals surface area contributed by atoms with Gasteiger partial charge in [0.2, 0.25) is 0 Å². The molecule has 4 rings (SSSR count). The summed E-state index contributed by atoms with van der Waals surface area (Å²) < 4.78 is 6.06. The van der Waals surface area contributed by atoms with Gasteiger partial charge in [-0.2, -0.15) is 0 Å². The lowest BCUT2D eigenvalue weighted by Gasteiger charge is -2.12. The fourth-order valence-corrected chi connectivity index (χ4v) is 3.58. The first kappa shape index (κ1) is 16.8. The third-order valence-electron chi connectivity index (χ3n) is 5.14. The molecule has 0 radical (unpaired) electrons. The topological polar surface area (TPSA) is 26.0 Å². The van der Waals surface area contributed by atoms with Crippen LogP contribution in [-0.2, 0) is 0 Å². The van der Waals surface area contributed by atoms with E-state index in [0.29, 0.717) is 11.8 Å². The number of aryl methyl sites for hydroxylation is 1. The predicted octanol–water partition coefficient (Wildman–Crippen LogP) is 7.20. The van der Waals surface area contributed by atoms with Crippen molar-refractivity contribution < 1.29 is 4.42 Å². The van der Waals surface area contributed by atoms with E-state index < -0.39 is 0 Å². The normalized spacial score (nSPS) is 12.0. The summed E-state index contributed by atoms with van der Waals surface area (Å²) in [4.78, 5) is 4.75. The highest BCUT2D eigenvalue weighted by Gasteiger charge is 2.16. The van der Waals surface area contributed by atoms with E-state index in [0.717, 1.165) is 28.0 Å². The number of aromatic nitrogens is 1. The summed E-state index contributed by atoms with van der Waals surface area (Å²) in [7, 11) is 0. The third-order valence-corrected chi connectivity index (χ3v) is 5.14. The van der Waals surface area contributed by atoms with Crippen LogP contribution in [-0.4, -0.2) is 4.98 Å². The smallest absolute Gasteiger partial charge is 0.143 e. The molecule has 0 N–H and O–H groups in total. The van der Waals surface area contributed by atoms with Crippen LogP contribution in [0.15, 0.2) is 53.1 Å². The van der Waals surface area contributed by atoms with Crippen molar-refractivity contribution in [3.8, 4) is 11.3 Å². The van der Waals surface area contributed by atoms with Crippen LogP contribution in [0.25, 0.3) is 33.0 Å². The van der Waals surface area contributed by atoms with Crippen molar-refractivity contribution in [3.63, 3.8) is 0 Å². The maximum atomic E-state index is 6.06. The number of rotatable bonds is 3. The SMILES string of the molecule is Cc1cc2cc(C(C)C)cc(-c3nccc4cc(C(C)C)ccc34)c2o1. The predicted molar refractivity (Wildman–Crippen MR) is 110 cm³/mol. The second-order valence-corrected chi connectivity index (χ2v) is 7.79. The minimum Gasteiger partial charge on any atom is -0.461 e. The Kier molecular flexibility index (Phi) is 4.07. The van der Waals surface area contributed by atoms with Gasteiger partial charge in [0.25, 0.3) is 0 Å². The lowest BCUT2D eigenvalue weighted by Crippen LogP contribution is -1.93. The number of hydrogen-bond acceptors (Lipinski definition) is 2. The lowest BCUT2D eigenvalue weighted by molar-refractivity contribution is 0.579. The van der Waals surface area contributed by atoms with Crippen molar-refractivity contribution >= 4 is 21.7 Å². The highest BCUT2D eigenvalue weighted by atomic mass is 16.3. The van der Waals surface area contributed by atoms with E-state index in [1.165, 1.54) is 21.9 Å². The van der Waals surface area contributed by atoms with Crippen LogP contribution in [0.2, 0.25) is 0 Å². The molecule has 2 heteroatoms. The molecule has 4 aromatic rings. The second kappa shape index (κ2) is 6.28. The van der Waals surface area contributed by atoms with Gasteiger partial charge in [-0.3, -0.25) is 4.98 Å². The van der Waals surface area contributed by atoms with E-state index in [4.69, 9.17) is 9.40 Å². The van der Waals surface area contributed by atoms with Crippen LogP contribution < -0.4 is 0 Å². The molecule has 0 fully saturated rings. The van der Waals surface area contributed by atoms with Gasteiger partial charge >= 0.3 is 0 Å². The van der Waals surface area contributed by atoms with Crippen LogP contribution in [0.3, 0.4) is 0 Å². The number of benzene rings is 2. The fourth-order valence-electron chi connectivity index (χ4n) is 3.58. The molecule has 2 nitrogen and oxygen atoms in total. The quantitative estimate of drug-likeness (QED) is 0.393. The first-order valence-electron chi connectivity index (χ1n) is 9.37. The van der Waals surface area contributed by atoms with Gasteiger partial charge in [-0.1, -0.05) is 45.9 Å². The molecule has 2 heterocycles. The average Bonchev–Trinajstić information content (AvgIpc) is 2.99. The van der Waals surface area contributed by atoms with Crippen molar-refractivity contribution in [2.45, 2.75) is 46.5 Å². The number of furan rings is 1. The maximum Gasteiger partial charge on any atom is 0.143 e. The Bertz CT molecular complexity index is 1100. The first-order valence-corrected chi connectivity index (χ1v) is 9.37. The Balaban J connectivity index is 2.03. The van der Waals surface area contributed by atoms with E-state index in [9.17, 15) is 0 Å². The molecule has 0 amide bonds. The molecule has 0 aliphatic rings. The summed E-state index contributed by atoms with van der Waals surface area (Å²) in [5.41, 5.74) is 5.68. The van der Waals surface area contributed by atoms with Crippen LogP contribution in [0.5, 0.6) is 0 Å². The molecule has 0 aliphatic heterocycles. The monoisotopic (exact) mass is 343 g/mol. The van der Waals surface area contributed by atoms with Crippen LogP contribution in [0, 0.1) is 6.92 Å². The van der Waals surface area contributed by atoms with Gasteiger partial charge < -0.3 is 4.42 Å². The third kappa shape index (κ3) is 2.80. The van der Waals surface area contributed by atoms with Gasteiger partial charge in [0.15, 0.2) is 0 Å². The molecule has 0 atom stereocenters. The maximum absolute atomic E-state index is 6.06. The van der Waals surface area contributed by atoms with Gasteiger partial charge in [0.05, 0.1) is 5.69 Å². The summed E-state index contributed by atoms with van der Waals surface area (Å²) >= 11 is 0. The molecule has 0 saturated carbocycles. The minimum absolute atomic E-state index is 0.455. The molecule has 0 aliphatic carbocycles. The van der Waals surface area contributed by atoms with Gasteiger partial charge in [-0.25, -0.2) is 0 Å². The molecular formula is C24H25NO. The zero-order valence-electron chi connectivity index (χ0n) is 16.1. The molecule has 0 spiro atoms. The highest BCUT2D eigenvalue weighted by molar-refractivity contribution is 6.02. The molecule has 2 aromatic carbocycles. The Labute approximate surface area is 154 Å². The van der Waals surface area contributed by atoms with Gasteiger partial charge in [-0.15, -0.1) is 0 Å². The van der Waals surface area contributed by atoms with E-state index in [1.54, 1.807) is 0 Å². The van der Waals surface area contributed by atoms with Crippen molar-refractivity contribution in [2.75, 3.05) is 0 Å². The zero-order chi connectivity index (χ0) is 18.4. The number of fused-ring (bicyclic) bond motifs is 2. The van der Waals surface area contributed by atoms with E-state index in [1.807, 2.05) is 13.1 Å². The Morgan fingerprint density at radius 1 is 0.808 bits per heavy atom. The van der Waals surface area contributed by atoms with E-state index >= 15 is 0 Å². The van der Waals surface area contributed by atoms with Crippen LogP contribution >= 0.6 is 0 Å². The minimum atomic E-state index is 0.455. The highest BCUT2D eigenvalue weighted by Crippen LogP contribution is 2.37. The van der Waals surface area contributed by atoms with Gasteiger partial charge in [-0.05, 0) is 59.5 Å². The van der Waals surface area contributed by atoms with Crippen LogP contribution in [0.4, 0.5) is 0 Å². The van der Waals surface area contributed by atoms with Gasteiger partial charge in [0.1, 0.15) is 11.3 Å². The molecular weight excluding hydrogens is 318 g/mol. The number of pyridine rings is 1. The fraction of sp³-hybridized carbons (Fsp3) is 0.292. The van der Waals surface area contributed by atoms with Gasteiger partial charge in [0, 0.05) is 22.5 Å². The van der Waals surface area contributed by atoms with E-state index in [2.05, 4.69) is 70.2 Å². The Hall–Kier alpha value is -2.61. The Morgan fingerprint density at radius 2 is 1.54 bits per heavy atom. The molecule has 0 bridgehead atoms. The number of nitrogens with zero attached hydrogens (tertiary/aromatic N) is 1. The van der Waals surface area contributed by atoms with Crippen molar-refractivity contribution in [1.29, 1.82) is 0 Å². The summed E-state index contributed by atoms with van der Waals surface area (Å²) in [6.07, 6.45) is 1.91. The molecule has 0 unspecified atom stereocenters. The standard InChI is InChI=1S/C24H25NO/c1-14(2)17-6-7-21-18(11-17)8-9-25-23(21)22-13-19(15(3)4)12-20-10-16(5)26-24(20)22/h6-15H,1-5H3. The zero-order valence-corrected chi connectivity index (χ0v) is 16.1. The summed E-state index contributed by atoms with van der Waals surface area (Å²) in [6, 6.07) is 15.4. The molecule has 0 saturated heterocycles. The largest absolute Gasteiger partial charge is 0.461 e. The second-order valence-electron chi connectivity index (χ2n) is 7.79. The lowest BCUT2D eigenvalue weighted by atomic mass is 9.94. The first-order chi connectivity index (χ1) is 12.4. The van der Waals surface area contributed by atoms with E-state index in [-0.39, 0.29) is 0 Å². The number of hydrogen-bond donors (Lipinski definition) is 0. The molecule has 132 valence electrons. The molecule has 2 aromatic heterocycles. The summed E-state index contributed by atoms with van der Waals surface area (Å²) in [5, 5.41) is 3.56. The average molecular weight is 343 g/mol. The van der Waals surface area contributed by atoms with Crippen molar-refractivity contribution in [1.82, 2.24) is 4.98 Å². The Morgan fingerprint density at radius 3 is 2.27 bits per heavy atom. The van der Waals surface area contributed by atoms with Crippen molar-refractivity contribution in [2.24, 2.45) is 0 Å². The van der Waals surface area contributed by atoms with Crippen LogP contribution in [0.1, 0.15) is 56.4 Å². The molecule has 26 heavy (non-hydrogen) atoms.